The Balaban J connectivity index is 1.89. The van der Waals surface area contributed by atoms with Crippen LogP contribution in [0.15, 0.2) is 6.20 Å². The minimum atomic E-state index is 0.550. The second-order valence-electron chi connectivity index (χ2n) is 4.92. The zero-order valence-corrected chi connectivity index (χ0v) is 11.3. The first-order valence-corrected chi connectivity index (χ1v) is 6.67. The molecule has 2 heterocycles. The SMILES string of the molecule is C#CCN1CCC(Nc2cn(C)nc2CC)CC1. The van der Waals surface area contributed by atoms with E-state index in [0.29, 0.717) is 6.04 Å². The molecule has 0 amide bonds. The molecule has 18 heavy (non-hydrogen) atoms. The van der Waals surface area contributed by atoms with E-state index in [1.54, 1.807) is 0 Å². The summed E-state index contributed by atoms with van der Waals surface area (Å²) in [5, 5.41) is 8.08. The Morgan fingerprint density at radius 2 is 2.22 bits per heavy atom. The van der Waals surface area contributed by atoms with Crippen molar-refractivity contribution in [1.29, 1.82) is 0 Å². The molecule has 2 rings (SSSR count). The maximum Gasteiger partial charge on any atom is 0.0853 e. The van der Waals surface area contributed by atoms with Crippen LogP contribution in [0.1, 0.15) is 25.5 Å². The second kappa shape index (κ2) is 5.92. The maximum atomic E-state index is 5.34. The average molecular weight is 246 g/mol. The van der Waals surface area contributed by atoms with E-state index < -0.39 is 0 Å². The Morgan fingerprint density at radius 3 is 2.83 bits per heavy atom. The number of hydrogen-bond donors (Lipinski definition) is 1. The third-order valence-electron chi connectivity index (χ3n) is 3.50. The van der Waals surface area contributed by atoms with E-state index in [4.69, 9.17) is 6.42 Å². The fourth-order valence-corrected chi connectivity index (χ4v) is 2.50. The number of nitrogens with zero attached hydrogens (tertiary/aromatic N) is 3. The molecule has 0 aromatic carbocycles. The Kier molecular flexibility index (Phi) is 4.27. The number of terminal acetylenes is 1. The number of rotatable bonds is 4. The Labute approximate surface area is 109 Å². The van der Waals surface area contributed by atoms with Crippen molar-refractivity contribution < 1.29 is 0 Å². The fourth-order valence-electron chi connectivity index (χ4n) is 2.50. The van der Waals surface area contributed by atoms with Gasteiger partial charge in [0, 0.05) is 32.4 Å². The van der Waals surface area contributed by atoms with Crippen molar-refractivity contribution in [2.75, 3.05) is 25.0 Å². The lowest BCUT2D eigenvalue weighted by atomic mass is 10.0. The summed E-state index contributed by atoms with van der Waals surface area (Å²) in [4.78, 5) is 2.34. The van der Waals surface area contributed by atoms with E-state index in [2.05, 4.69) is 34.4 Å². The molecule has 4 nitrogen and oxygen atoms in total. The largest absolute Gasteiger partial charge is 0.379 e. The lowest BCUT2D eigenvalue weighted by molar-refractivity contribution is 0.243. The quantitative estimate of drug-likeness (QED) is 0.817. The summed E-state index contributed by atoms with van der Waals surface area (Å²) in [5.41, 5.74) is 2.35. The van der Waals surface area contributed by atoms with Crippen molar-refractivity contribution in [3.05, 3.63) is 11.9 Å². The van der Waals surface area contributed by atoms with Crippen LogP contribution >= 0.6 is 0 Å². The van der Waals surface area contributed by atoms with Gasteiger partial charge in [0.05, 0.1) is 17.9 Å². The number of piperidine rings is 1. The smallest absolute Gasteiger partial charge is 0.0853 e. The van der Waals surface area contributed by atoms with Crippen molar-refractivity contribution in [3.63, 3.8) is 0 Å². The van der Waals surface area contributed by atoms with Crippen LogP contribution in [0.5, 0.6) is 0 Å². The molecule has 1 fully saturated rings. The Morgan fingerprint density at radius 1 is 1.50 bits per heavy atom. The molecule has 1 saturated heterocycles. The maximum absolute atomic E-state index is 5.34. The van der Waals surface area contributed by atoms with Gasteiger partial charge in [-0.2, -0.15) is 5.10 Å². The molecule has 0 atom stereocenters. The van der Waals surface area contributed by atoms with E-state index in [0.717, 1.165) is 44.6 Å². The highest BCUT2D eigenvalue weighted by atomic mass is 15.3. The van der Waals surface area contributed by atoms with Gasteiger partial charge >= 0.3 is 0 Å². The van der Waals surface area contributed by atoms with Gasteiger partial charge in [-0.1, -0.05) is 12.8 Å². The normalized spacial score (nSPS) is 17.6. The molecule has 98 valence electrons. The summed E-state index contributed by atoms with van der Waals surface area (Å²) in [7, 11) is 1.97. The van der Waals surface area contributed by atoms with Gasteiger partial charge in [0.1, 0.15) is 0 Å². The van der Waals surface area contributed by atoms with Gasteiger partial charge in [-0.25, -0.2) is 0 Å². The van der Waals surface area contributed by atoms with Crippen molar-refractivity contribution in [3.8, 4) is 12.3 Å². The minimum Gasteiger partial charge on any atom is -0.379 e. The summed E-state index contributed by atoms with van der Waals surface area (Å²) in [5.74, 6) is 2.72. The monoisotopic (exact) mass is 246 g/mol. The van der Waals surface area contributed by atoms with E-state index in [-0.39, 0.29) is 0 Å². The van der Waals surface area contributed by atoms with Crippen molar-refractivity contribution in [1.82, 2.24) is 14.7 Å². The molecule has 0 aliphatic carbocycles. The predicted octanol–water partition coefficient (Wildman–Crippen LogP) is 1.49. The fraction of sp³-hybridized carbons (Fsp3) is 0.643. The van der Waals surface area contributed by atoms with E-state index in [1.165, 1.54) is 5.69 Å². The summed E-state index contributed by atoms with van der Waals surface area (Å²) in [6, 6.07) is 0.550. The summed E-state index contributed by atoms with van der Waals surface area (Å²) >= 11 is 0. The van der Waals surface area contributed by atoms with E-state index >= 15 is 0 Å². The van der Waals surface area contributed by atoms with E-state index in [9.17, 15) is 0 Å². The molecule has 0 saturated carbocycles. The van der Waals surface area contributed by atoms with Gasteiger partial charge in [-0.15, -0.1) is 6.42 Å². The van der Waals surface area contributed by atoms with Gasteiger partial charge in [0.15, 0.2) is 0 Å². The zero-order chi connectivity index (χ0) is 13.0. The molecule has 1 aliphatic rings. The molecular formula is C14H22N4. The van der Waals surface area contributed by atoms with Crippen molar-refractivity contribution >= 4 is 5.69 Å². The Hall–Kier alpha value is -1.47. The van der Waals surface area contributed by atoms with Crippen LogP contribution in [0.3, 0.4) is 0 Å². The second-order valence-corrected chi connectivity index (χ2v) is 4.92. The number of nitrogens with one attached hydrogen (secondary N) is 1. The standard InChI is InChI=1S/C14H22N4/c1-4-8-18-9-6-12(7-10-18)15-14-11-17(3)16-13(14)5-2/h1,11-12,15H,5-10H2,2-3H3. The average Bonchev–Trinajstić information content (AvgIpc) is 2.72. The summed E-state index contributed by atoms with van der Waals surface area (Å²) < 4.78 is 1.88. The van der Waals surface area contributed by atoms with Gasteiger partial charge in [-0.05, 0) is 19.3 Å². The molecule has 4 heteroatoms. The molecule has 0 spiro atoms. The van der Waals surface area contributed by atoms with Crippen LogP contribution in [-0.2, 0) is 13.5 Å². The Bertz CT molecular complexity index is 421. The number of anilines is 1. The minimum absolute atomic E-state index is 0.550. The van der Waals surface area contributed by atoms with Crippen LogP contribution < -0.4 is 5.32 Å². The predicted molar refractivity (Wildman–Crippen MR) is 74.5 cm³/mol. The molecule has 1 aromatic rings. The molecule has 1 aliphatic heterocycles. The van der Waals surface area contributed by atoms with Gasteiger partial charge in [-0.3, -0.25) is 9.58 Å². The van der Waals surface area contributed by atoms with E-state index in [1.807, 2.05) is 11.7 Å². The van der Waals surface area contributed by atoms with Crippen LogP contribution in [-0.4, -0.2) is 40.4 Å². The first kappa shape index (κ1) is 13.0. The first-order valence-electron chi connectivity index (χ1n) is 6.67. The molecule has 1 aromatic heterocycles. The molecular weight excluding hydrogens is 224 g/mol. The third kappa shape index (κ3) is 3.05. The molecule has 0 radical (unpaired) electrons. The van der Waals surface area contributed by atoms with Crippen LogP contribution in [0.4, 0.5) is 5.69 Å². The highest BCUT2D eigenvalue weighted by Crippen LogP contribution is 2.19. The van der Waals surface area contributed by atoms with Crippen molar-refractivity contribution in [2.24, 2.45) is 7.05 Å². The summed E-state index contributed by atoms with van der Waals surface area (Å²) in [6.07, 6.45) is 10.7. The number of aromatic nitrogens is 2. The third-order valence-corrected chi connectivity index (χ3v) is 3.50. The summed E-state index contributed by atoms with van der Waals surface area (Å²) in [6.45, 7) is 5.09. The van der Waals surface area contributed by atoms with Gasteiger partial charge in [0.2, 0.25) is 0 Å². The lowest BCUT2D eigenvalue weighted by Gasteiger charge is -2.31. The number of aryl methyl sites for hydroxylation is 2. The molecule has 0 unspecified atom stereocenters. The highest BCUT2D eigenvalue weighted by Gasteiger charge is 2.19. The molecule has 0 bridgehead atoms. The number of likely N-dealkylation sites (tertiary alicyclic amines) is 1. The van der Waals surface area contributed by atoms with Crippen LogP contribution in [0, 0.1) is 12.3 Å². The van der Waals surface area contributed by atoms with Crippen LogP contribution in [0.2, 0.25) is 0 Å². The van der Waals surface area contributed by atoms with Gasteiger partial charge < -0.3 is 5.32 Å². The first-order chi connectivity index (χ1) is 8.72. The number of hydrogen-bond acceptors (Lipinski definition) is 3. The lowest BCUT2D eigenvalue weighted by Crippen LogP contribution is -2.39. The highest BCUT2D eigenvalue weighted by molar-refractivity contribution is 5.47. The zero-order valence-electron chi connectivity index (χ0n) is 11.3. The molecule has 1 N–H and O–H groups in total. The van der Waals surface area contributed by atoms with Crippen LogP contribution in [0.25, 0.3) is 0 Å². The van der Waals surface area contributed by atoms with Gasteiger partial charge in [0.25, 0.3) is 0 Å². The van der Waals surface area contributed by atoms with Crippen molar-refractivity contribution in [2.45, 2.75) is 32.2 Å². The topological polar surface area (TPSA) is 33.1 Å².